The fourth-order valence-electron chi connectivity index (χ4n) is 2.68. The zero-order chi connectivity index (χ0) is 15.4. The Morgan fingerprint density at radius 2 is 2.00 bits per heavy atom. The Bertz CT molecular complexity index is 501. The summed E-state index contributed by atoms with van der Waals surface area (Å²) in [7, 11) is 1.87. The molecule has 1 aromatic carbocycles. The molecule has 2 rings (SSSR count). The summed E-state index contributed by atoms with van der Waals surface area (Å²) in [5.41, 5.74) is 3.89. The van der Waals surface area contributed by atoms with Crippen LogP contribution in [0, 0.1) is 13.8 Å². The summed E-state index contributed by atoms with van der Waals surface area (Å²) < 4.78 is 0. The normalized spacial score (nSPS) is 16.7. The molecule has 21 heavy (non-hydrogen) atoms. The van der Waals surface area contributed by atoms with Crippen LogP contribution in [-0.4, -0.2) is 49.1 Å². The second-order valence-electron chi connectivity index (χ2n) is 6.00. The van der Waals surface area contributed by atoms with E-state index in [0.717, 1.165) is 32.6 Å². The molecule has 1 saturated heterocycles. The number of carbonyl (C=O) groups is 1. The monoisotopic (exact) mass is 289 g/mol. The van der Waals surface area contributed by atoms with Crippen molar-refractivity contribution in [1.82, 2.24) is 15.1 Å². The van der Waals surface area contributed by atoms with Crippen molar-refractivity contribution in [3.8, 4) is 0 Å². The SMILES string of the molecule is CCCNC(CN1CCN(C)C1=O)c1ccc(C)c(C)c1. The summed E-state index contributed by atoms with van der Waals surface area (Å²) in [6, 6.07) is 6.94. The molecule has 1 heterocycles. The highest BCUT2D eigenvalue weighted by atomic mass is 16.2. The van der Waals surface area contributed by atoms with Gasteiger partial charge in [-0.2, -0.15) is 0 Å². The minimum Gasteiger partial charge on any atom is -0.326 e. The van der Waals surface area contributed by atoms with Gasteiger partial charge in [0.15, 0.2) is 0 Å². The summed E-state index contributed by atoms with van der Waals surface area (Å²) in [6.07, 6.45) is 1.09. The van der Waals surface area contributed by atoms with Gasteiger partial charge in [0, 0.05) is 32.7 Å². The number of amides is 2. The standard InChI is InChI=1S/C17H27N3O/c1-5-8-18-16(12-20-10-9-19(4)17(20)21)15-7-6-13(2)14(3)11-15/h6-7,11,16,18H,5,8-10,12H2,1-4H3. The van der Waals surface area contributed by atoms with Crippen LogP contribution in [0.4, 0.5) is 4.79 Å². The average molecular weight is 289 g/mol. The van der Waals surface area contributed by atoms with Crippen LogP contribution in [0.3, 0.4) is 0 Å². The molecule has 1 unspecified atom stereocenters. The molecule has 1 N–H and O–H groups in total. The smallest absolute Gasteiger partial charge is 0.319 e. The maximum atomic E-state index is 12.1. The van der Waals surface area contributed by atoms with E-state index in [1.807, 2.05) is 11.9 Å². The Kier molecular flexibility index (Phi) is 5.23. The van der Waals surface area contributed by atoms with Crippen molar-refractivity contribution in [2.45, 2.75) is 33.2 Å². The Hall–Kier alpha value is -1.55. The van der Waals surface area contributed by atoms with Crippen molar-refractivity contribution in [2.24, 2.45) is 0 Å². The zero-order valence-corrected chi connectivity index (χ0v) is 13.6. The minimum absolute atomic E-state index is 0.141. The molecule has 2 amide bonds. The maximum Gasteiger partial charge on any atom is 0.319 e. The lowest BCUT2D eigenvalue weighted by molar-refractivity contribution is 0.194. The van der Waals surface area contributed by atoms with Crippen molar-refractivity contribution < 1.29 is 4.79 Å². The van der Waals surface area contributed by atoms with Crippen LogP contribution in [0.25, 0.3) is 0 Å². The second kappa shape index (κ2) is 6.94. The van der Waals surface area contributed by atoms with Crippen LogP contribution in [0.2, 0.25) is 0 Å². The molecule has 0 bridgehead atoms. The molecule has 0 radical (unpaired) electrons. The van der Waals surface area contributed by atoms with E-state index in [4.69, 9.17) is 0 Å². The summed E-state index contributed by atoms with van der Waals surface area (Å²) in [5, 5.41) is 3.58. The van der Waals surface area contributed by atoms with E-state index in [-0.39, 0.29) is 12.1 Å². The third-order valence-electron chi connectivity index (χ3n) is 4.28. The first-order valence-electron chi connectivity index (χ1n) is 7.83. The number of hydrogen-bond acceptors (Lipinski definition) is 2. The molecule has 4 nitrogen and oxygen atoms in total. The molecule has 1 fully saturated rings. The highest BCUT2D eigenvalue weighted by molar-refractivity contribution is 5.76. The average Bonchev–Trinajstić information content (AvgIpc) is 2.78. The van der Waals surface area contributed by atoms with Gasteiger partial charge >= 0.3 is 6.03 Å². The first-order valence-corrected chi connectivity index (χ1v) is 7.83. The predicted octanol–water partition coefficient (Wildman–Crippen LogP) is 2.71. The second-order valence-corrected chi connectivity index (χ2v) is 6.00. The predicted molar refractivity (Wildman–Crippen MR) is 86.5 cm³/mol. The number of likely N-dealkylation sites (N-methyl/N-ethyl adjacent to an activating group) is 1. The van der Waals surface area contributed by atoms with E-state index < -0.39 is 0 Å². The van der Waals surface area contributed by atoms with E-state index in [1.165, 1.54) is 16.7 Å². The topological polar surface area (TPSA) is 35.6 Å². The van der Waals surface area contributed by atoms with Crippen LogP contribution in [0.5, 0.6) is 0 Å². The van der Waals surface area contributed by atoms with Gasteiger partial charge in [-0.25, -0.2) is 4.79 Å². The molecule has 116 valence electrons. The van der Waals surface area contributed by atoms with Gasteiger partial charge in [0.25, 0.3) is 0 Å². The zero-order valence-electron chi connectivity index (χ0n) is 13.6. The number of urea groups is 1. The van der Waals surface area contributed by atoms with E-state index in [9.17, 15) is 4.79 Å². The highest BCUT2D eigenvalue weighted by Crippen LogP contribution is 2.20. The Balaban J connectivity index is 2.13. The highest BCUT2D eigenvalue weighted by Gasteiger charge is 2.27. The van der Waals surface area contributed by atoms with Gasteiger partial charge in [-0.3, -0.25) is 0 Å². The van der Waals surface area contributed by atoms with Crippen molar-refractivity contribution in [3.63, 3.8) is 0 Å². The van der Waals surface area contributed by atoms with Gasteiger partial charge in [-0.15, -0.1) is 0 Å². The van der Waals surface area contributed by atoms with Gasteiger partial charge in [0.1, 0.15) is 0 Å². The van der Waals surface area contributed by atoms with Gasteiger partial charge in [0.05, 0.1) is 0 Å². The minimum atomic E-state index is 0.141. The molecular weight excluding hydrogens is 262 g/mol. The Morgan fingerprint density at radius 1 is 1.24 bits per heavy atom. The Labute approximate surface area is 128 Å². The summed E-state index contributed by atoms with van der Waals surface area (Å²) in [6.45, 7) is 9.80. The fraction of sp³-hybridized carbons (Fsp3) is 0.588. The summed E-state index contributed by atoms with van der Waals surface area (Å²) in [5.74, 6) is 0. The number of nitrogens with zero attached hydrogens (tertiary/aromatic N) is 2. The number of rotatable bonds is 6. The molecule has 0 saturated carbocycles. The van der Waals surface area contributed by atoms with Gasteiger partial charge in [0.2, 0.25) is 0 Å². The Morgan fingerprint density at radius 3 is 2.57 bits per heavy atom. The van der Waals surface area contributed by atoms with E-state index in [1.54, 1.807) is 4.90 Å². The molecule has 0 aromatic heterocycles. The third kappa shape index (κ3) is 3.76. The fourth-order valence-corrected chi connectivity index (χ4v) is 2.68. The van der Waals surface area contributed by atoms with Crippen molar-refractivity contribution >= 4 is 6.03 Å². The van der Waals surface area contributed by atoms with Crippen molar-refractivity contribution in [2.75, 3.05) is 33.2 Å². The van der Waals surface area contributed by atoms with Crippen LogP contribution < -0.4 is 5.32 Å². The lowest BCUT2D eigenvalue weighted by atomic mass is 10.0. The molecule has 1 aliphatic heterocycles. The molecule has 0 aliphatic carbocycles. The molecule has 1 aromatic rings. The number of nitrogens with one attached hydrogen (secondary N) is 1. The molecule has 1 aliphatic rings. The molecule has 0 spiro atoms. The van der Waals surface area contributed by atoms with E-state index in [2.05, 4.69) is 44.3 Å². The van der Waals surface area contributed by atoms with Crippen LogP contribution in [0.1, 0.15) is 36.1 Å². The van der Waals surface area contributed by atoms with Gasteiger partial charge in [-0.05, 0) is 43.5 Å². The molecule has 4 heteroatoms. The van der Waals surface area contributed by atoms with E-state index in [0.29, 0.717) is 0 Å². The number of hydrogen-bond donors (Lipinski definition) is 1. The van der Waals surface area contributed by atoms with Gasteiger partial charge in [-0.1, -0.05) is 25.1 Å². The number of benzene rings is 1. The first-order chi connectivity index (χ1) is 10.0. The molecular formula is C17H27N3O. The first kappa shape index (κ1) is 15.8. The van der Waals surface area contributed by atoms with Crippen molar-refractivity contribution in [3.05, 3.63) is 34.9 Å². The number of aryl methyl sites for hydroxylation is 2. The lowest BCUT2D eigenvalue weighted by Gasteiger charge is -2.25. The number of carbonyl (C=O) groups excluding carboxylic acids is 1. The van der Waals surface area contributed by atoms with Crippen molar-refractivity contribution in [1.29, 1.82) is 0 Å². The quantitative estimate of drug-likeness (QED) is 0.874. The summed E-state index contributed by atoms with van der Waals surface area (Å²) in [4.78, 5) is 15.8. The maximum absolute atomic E-state index is 12.1. The lowest BCUT2D eigenvalue weighted by Crippen LogP contribution is -2.38. The molecule has 1 atom stereocenters. The van der Waals surface area contributed by atoms with Gasteiger partial charge < -0.3 is 15.1 Å². The summed E-state index contributed by atoms with van der Waals surface area (Å²) >= 11 is 0. The van der Waals surface area contributed by atoms with E-state index >= 15 is 0 Å². The third-order valence-corrected chi connectivity index (χ3v) is 4.28. The van der Waals surface area contributed by atoms with Crippen LogP contribution in [-0.2, 0) is 0 Å². The van der Waals surface area contributed by atoms with Crippen LogP contribution in [0.15, 0.2) is 18.2 Å². The largest absolute Gasteiger partial charge is 0.326 e. The van der Waals surface area contributed by atoms with Crippen LogP contribution >= 0.6 is 0 Å².